The van der Waals surface area contributed by atoms with Crippen LogP contribution in [0.5, 0.6) is 0 Å². The van der Waals surface area contributed by atoms with Crippen molar-refractivity contribution >= 4 is 11.6 Å². The van der Waals surface area contributed by atoms with Gasteiger partial charge in [-0.1, -0.05) is 30.3 Å². The Morgan fingerprint density at radius 3 is 2.21 bits per heavy atom. The molecule has 2 N–H and O–H groups in total. The van der Waals surface area contributed by atoms with Crippen LogP contribution < -0.4 is 10.6 Å². The van der Waals surface area contributed by atoms with E-state index in [0.717, 1.165) is 25.1 Å². The Hall–Kier alpha value is -2.34. The van der Waals surface area contributed by atoms with Gasteiger partial charge in [0, 0.05) is 18.7 Å². The van der Waals surface area contributed by atoms with Gasteiger partial charge in [0.25, 0.3) is 0 Å². The fraction of sp³-hybridized carbons (Fsp3) is 0.278. The van der Waals surface area contributed by atoms with Gasteiger partial charge in [0.05, 0.1) is 5.56 Å². The molecular formula is C18H19F3N2O. The highest BCUT2D eigenvalue weighted by molar-refractivity contribution is 5.90. The third kappa shape index (κ3) is 6.04. The first-order valence-corrected chi connectivity index (χ1v) is 7.67. The number of nitrogens with one attached hydrogen (secondary N) is 2. The zero-order valence-electron chi connectivity index (χ0n) is 13.1. The Morgan fingerprint density at radius 1 is 0.917 bits per heavy atom. The smallest absolute Gasteiger partial charge is 0.326 e. The standard InChI is InChI=1S/C18H19F3N2O/c19-18(20,21)15-6-8-16(9-7-15)23-17(24)11-13-22-12-10-14-4-2-1-3-5-14/h1-9,22H,10-13H2,(H,23,24). The number of carbonyl (C=O) groups excluding carboxylic acids is 1. The lowest BCUT2D eigenvalue weighted by molar-refractivity contribution is -0.137. The number of carbonyl (C=O) groups is 1. The summed E-state index contributed by atoms with van der Waals surface area (Å²) in [6.07, 6.45) is -3.23. The maximum atomic E-state index is 12.4. The second kappa shape index (κ2) is 8.49. The van der Waals surface area contributed by atoms with Crippen molar-refractivity contribution in [1.82, 2.24) is 5.32 Å². The molecule has 3 nitrogen and oxygen atoms in total. The summed E-state index contributed by atoms with van der Waals surface area (Å²) in [6, 6.07) is 14.4. The number of hydrogen-bond donors (Lipinski definition) is 2. The number of hydrogen-bond acceptors (Lipinski definition) is 2. The number of amides is 1. The van der Waals surface area contributed by atoms with Gasteiger partial charge >= 0.3 is 6.18 Å². The van der Waals surface area contributed by atoms with E-state index in [2.05, 4.69) is 10.6 Å². The van der Waals surface area contributed by atoms with E-state index in [1.807, 2.05) is 30.3 Å². The SMILES string of the molecule is O=C(CCNCCc1ccccc1)Nc1ccc(C(F)(F)F)cc1. The topological polar surface area (TPSA) is 41.1 Å². The van der Waals surface area contributed by atoms with Crippen LogP contribution in [0.1, 0.15) is 17.5 Å². The first-order valence-electron chi connectivity index (χ1n) is 7.67. The van der Waals surface area contributed by atoms with Gasteiger partial charge in [-0.25, -0.2) is 0 Å². The molecule has 0 aromatic heterocycles. The number of halogens is 3. The summed E-state index contributed by atoms with van der Waals surface area (Å²) in [5.74, 6) is -0.234. The normalized spacial score (nSPS) is 11.3. The summed E-state index contributed by atoms with van der Waals surface area (Å²) in [5.41, 5.74) is 0.847. The van der Waals surface area contributed by atoms with Crippen LogP contribution in [0.15, 0.2) is 54.6 Å². The van der Waals surface area contributed by atoms with Gasteiger partial charge in [-0.15, -0.1) is 0 Å². The fourth-order valence-electron chi connectivity index (χ4n) is 2.17. The van der Waals surface area contributed by atoms with Crippen LogP contribution >= 0.6 is 0 Å². The van der Waals surface area contributed by atoms with Crippen molar-refractivity contribution in [1.29, 1.82) is 0 Å². The molecule has 0 radical (unpaired) electrons. The molecule has 128 valence electrons. The van der Waals surface area contributed by atoms with Crippen LogP contribution in [-0.2, 0) is 17.4 Å². The van der Waals surface area contributed by atoms with Gasteiger partial charge in [0.1, 0.15) is 0 Å². The van der Waals surface area contributed by atoms with Gasteiger partial charge in [-0.3, -0.25) is 4.79 Å². The molecule has 0 atom stereocenters. The first-order chi connectivity index (χ1) is 11.4. The fourth-order valence-corrected chi connectivity index (χ4v) is 2.17. The van der Waals surface area contributed by atoms with Crippen LogP contribution in [0, 0.1) is 0 Å². The van der Waals surface area contributed by atoms with Gasteiger partial charge in [-0.2, -0.15) is 13.2 Å². The van der Waals surface area contributed by atoms with Gasteiger partial charge < -0.3 is 10.6 Å². The lowest BCUT2D eigenvalue weighted by atomic mass is 10.1. The Kier molecular flexibility index (Phi) is 6.37. The van der Waals surface area contributed by atoms with Gasteiger partial charge in [-0.05, 0) is 42.8 Å². The van der Waals surface area contributed by atoms with Crippen LogP contribution in [-0.4, -0.2) is 19.0 Å². The zero-order valence-corrected chi connectivity index (χ0v) is 13.1. The Bertz CT molecular complexity index is 640. The Morgan fingerprint density at radius 2 is 1.58 bits per heavy atom. The molecule has 0 saturated heterocycles. The molecule has 0 saturated carbocycles. The van der Waals surface area contributed by atoms with Crippen LogP contribution in [0.3, 0.4) is 0 Å². The average Bonchev–Trinajstić information content (AvgIpc) is 2.55. The maximum absolute atomic E-state index is 12.4. The van der Waals surface area contributed by atoms with E-state index < -0.39 is 11.7 Å². The van der Waals surface area contributed by atoms with Crippen molar-refractivity contribution in [3.63, 3.8) is 0 Å². The zero-order chi connectivity index (χ0) is 17.4. The molecule has 0 heterocycles. The summed E-state index contributed by atoms with van der Waals surface area (Å²) >= 11 is 0. The predicted octanol–water partition coefficient (Wildman–Crippen LogP) is 3.87. The summed E-state index contributed by atoms with van der Waals surface area (Å²) < 4.78 is 37.3. The minimum atomic E-state index is -4.37. The largest absolute Gasteiger partial charge is 0.416 e. The second-order valence-corrected chi connectivity index (χ2v) is 5.36. The monoisotopic (exact) mass is 336 g/mol. The number of alkyl halides is 3. The molecule has 1 amide bonds. The van der Waals surface area contributed by atoms with E-state index in [1.54, 1.807) is 0 Å². The highest BCUT2D eigenvalue weighted by Crippen LogP contribution is 2.29. The Labute approximate surface area is 138 Å². The highest BCUT2D eigenvalue weighted by Gasteiger charge is 2.29. The molecule has 6 heteroatoms. The van der Waals surface area contributed by atoms with Crippen molar-refractivity contribution < 1.29 is 18.0 Å². The molecule has 0 aliphatic carbocycles. The molecule has 2 aromatic rings. The lowest BCUT2D eigenvalue weighted by Crippen LogP contribution is -2.23. The minimum Gasteiger partial charge on any atom is -0.326 e. The summed E-state index contributed by atoms with van der Waals surface area (Å²) in [5, 5.41) is 5.75. The van der Waals surface area contributed by atoms with E-state index in [9.17, 15) is 18.0 Å². The first kappa shape index (κ1) is 18.0. The van der Waals surface area contributed by atoms with Crippen molar-refractivity contribution in [2.24, 2.45) is 0 Å². The van der Waals surface area contributed by atoms with E-state index in [0.29, 0.717) is 12.2 Å². The molecule has 0 aliphatic heterocycles. The third-order valence-electron chi connectivity index (χ3n) is 3.46. The number of rotatable bonds is 7. The van der Waals surface area contributed by atoms with Crippen LogP contribution in [0.25, 0.3) is 0 Å². The third-order valence-corrected chi connectivity index (χ3v) is 3.46. The molecule has 2 aromatic carbocycles. The average molecular weight is 336 g/mol. The molecule has 0 spiro atoms. The van der Waals surface area contributed by atoms with E-state index >= 15 is 0 Å². The Balaban J connectivity index is 1.66. The molecule has 0 fully saturated rings. The minimum absolute atomic E-state index is 0.234. The number of benzene rings is 2. The molecular weight excluding hydrogens is 317 g/mol. The van der Waals surface area contributed by atoms with Crippen LogP contribution in [0.4, 0.5) is 18.9 Å². The van der Waals surface area contributed by atoms with Crippen molar-refractivity contribution in [2.75, 3.05) is 18.4 Å². The van der Waals surface area contributed by atoms with Crippen molar-refractivity contribution in [2.45, 2.75) is 19.0 Å². The number of anilines is 1. The highest BCUT2D eigenvalue weighted by atomic mass is 19.4. The van der Waals surface area contributed by atoms with Crippen molar-refractivity contribution in [3.05, 3.63) is 65.7 Å². The molecule has 0 bridgehead atoms. The molecule has 0 unspecified atom stereocenters. The van der Waals surface area contributed by atoms with Crippen molar-refractivity contribution in [3.8, 4) is 0 Å². The summed E-state index contributed by atoms with van der Waals surface area (Å²) in [6.45, 7) is 1.27. The molecule has 0 aliphatic rings. The van der Waals surface area contributed by atoms with E-state index in [1.165, 1.54) is 17.7 Å². The van der Waals surface area contributed by atoms with Gasteiger partial charge in [0.2, 0.25) is 5.91 Å². The predicted molar refractivity (Wildman–Crippen MR) is 87.7 cm³/mol. The summed E-state index contributed by atoms with van der Waals surface area (Å²) in [4.78, 5) is 11.8. The second-order valence-electron chi connectivity index (χ2n) is 5.36. The van der Waals surface area contributed by atoms with Crippen LogP contribution in [0.2, 0.25) is 0 Å². The molecule has 2 rings (SSSR count). The van der Waals surface area contributed by atoms with Gasteiger partial charge in [0.15, 0.2) is 0 Å². The van der Waals surface area contributed by atoms with E-state index in [4.69, 9.17) is 0 Å². The quantitative estimate of drug-likeness (QED) is 0.754. The summed E-state index contributed by atoms with van der Waals surface area (Å²) in [7, 11) is 0. The van der Waals surface area contributed by atoms with E-state index in [-0.39, 0.29) is 12.3 Å². The molecule has 24 heavy (non-hydrogen) atoms. The lowest BCUT2D eigenvalue weighted by Gasteiger charge is -2.09. The maximum Gasteiger partial charge on any atom is 0.416 e.